The van der Waals surface area contributed by atoms with Crippen LogP contribution < -0.4 is 5.19 Å². The summed E-state index contributed by atoms with van der Waals surface area (Å²) < 4.78 is 13.8. The fourth-order valence-electron chi connectivity index (χ4n) is 3.63. The van der Waals surface area contributed by atoms with Crippen LogP contribution in [0.1, 0.15) is 13.8 Å². The molecule has 0 aliphatic carbocycles. The van der Waals surface area contributed by atoms with Gasteiger partial charge in [0.15, 0.2) is 0 Å². The fourth-order valence-corrected chi connectivity index (χ4v) is 12.7. The number of para-hydroxylation sites is 1. The summed E-state index contributed by atoms with van der Waals surface area (Å²) in [5.41, 5.74) is 1.73. The molecule has 0 saturated heterocycles. The van der Waals surface area contributed by atoms with E-state index >= 15 is 0 Å². The van der Waals surface area contributed by atoms with Crippen LogP contribution in [0.4, 0.5) is 5.69 Å². The molecule has 2 aliphatic rings. The molecular weight excluding hydrogens is 356 g/mol. The average molecular weight is 372 g/mol. The van der Waals surface area contributed by atoms with Crippen molar-refractivity contribution in [3.63, 3.8) is 0 Å². The predicted molar refractivity (Wildman–Crippen MR) is 97.7 cm³/mol. The quantitative estimate of drug-likeness (QED) is 0.470. The number of rotatable bonds is 3. The molecule has 25 heavy (non-hydrogen) atoms. The molecule has 4 rings (SSSR count). The molecule has 0 amide bonds. The van der Waals surface area contributed by atoms with Gasteiger partial charge >= 0.3 is 149 Å². The maximum atomic E-state index is 11.6. The summed E-state index contributed by atoms with van der Waals surface area (Å²) in [6.45, 7) is 3.73. The fraction of sp³-hybridized carbons (Fsp3) is 0.118. The van der Waals surface area contributed by atoms with Crippen LogP contribution in [0.2, 0.25) is 0 Å². The number of allylic oxidation sites excluding steroid dienone is 2. The molecule has 8 heteroatoms. The Labute approximate surface area is 148 Å². The zero-order chi connectivity index (χ0) is 17.7. The summed E-state index contributed by atoms with van der Waals surface area (Å²) in [6.07, 6.45) is 1.88. The van der Waals surface area contributed by atoms with Crippen LogP contribution in [-0.2, 0) is 8.95 Å². The van der Waals surface area contributed by atoms with E-state index in [0.717, 1.165) is 16.3 Å². The van der Waals surface area contributed by atoms with Gasteiger partial charge in [0.2, 0.25) is 0 Å². The number of hydrogen-bond acceptors (Lipinski definition) is 5. The van der Waals surface area contributed by atoms with Crippen molar-refractivity contribution in [2.45, 2.75) is 18.7 Å². The first-order chi connectivity index (χ1) is 11.9. The van der Waals surface area contributed by atoms with Gasteiger partial charge in [-0.3, -0.25) is 0 Å². The van der Waals surface area contributed by atoms with Crippen LogP contribution in [0.5, 0.6) is 0 Å². The van der Waals surface area contributed by atoms with E-state index in [1.807, 2.05) is 71.8 Å². The Morgan fingerprint density at radius 3 is 2.52 bits per heavy atom. The van der Waals surface area contributed by atoms with Gasteiger partial charge in [-0.2, -0.15) is 0 Å². The van der Waals surface area contributed by atoms with Gasteiger partial charge in [-0.25, -0.2) is 0 Å². The normalized spacial score (nSPS) is 21.0. The molecule has 2 aliphatic heterocycles. The van der Waals surface area contributed by atoms with Crippen molar-refractivity contribution in [3.05, 3.63) is 76.5 Å². The molecule has 0 atom stereocenters. The van der Waals surface area contributed by atoms with E-state index in [2.05, 4.69) is 0 Å². The van der Waals surface area contributed by atoms with Crippen LogP contribution in [-0.4, -0.2) is 22.2 Å². The van der Waals surface area contributed by atoms with Gasteiger partial charge in [0.05, 0.1) is 0 Å². The van der Waals surface area contributed by atoms with Gasteiger partial charge in [0, 0.05) is 0 Å². The Balaban J connectivity index is 2.14. The van der Waals surface area contributed by atoms with Crippen LogP contribution in [0.25, 0.3) is 0 Å². The van der Waals surface area contributed by atoms with E-state index in [0.29, 0.717) is 10.9 Å². The van der Waals surface area contributed by atoms with Crippen LogP contribution in [0, 0.1) is 10.1 Å². The van der Waals surface area contributed by atoms with Crippen molar-refractivity contribution in [3.8, 4) is 0 Å². The standard InChI is InChI=1S/C17H16N2O4SSi/c1-13-12-14(2)22-25(23-19(20)21,15-8-4-3-5-9-15)18(13)16-10-6-7-11-17(16)24-25/h3-12H,1-2H3. The van der Waals surface area contributed by atoms with Crippen molar-refractivity contribution >= 4 is 34.9 Å². The zero-order valence-corrected chi connectivity index (χ0v) is 15.5. The van der Waals surface area contributed by atoms with Gasteiger partial charge in [0.25, 0.3) is 0 Å². The van der Waals surface area contributed by atoms with Crippen LogP contribution >= 0.6 is 11.2 Å². The minimum absolute atomic E-state index is 0.605. The van der Waals surface area contributed by atoms with Crippen molar-refractivity contribution in [2.75, 3.05) is 0 Å². The number of fused-ring (bicyclic) bond motifs is 3. The average Bonchev–Trinajstić information content (AvgIpc) is 2.86. The molecular formula is C17H16N2O4SSi. The third-order valence-corrected chi connectivity index (χ3v) is 12.6. The zero-order valence-electron chi connectivity index (χ0n) is 13.7. The van der Waals surface area contributed by atoms with E-state index in [1.54, 1.807) is 6.92 Å². The Morgan fingerprint density at radius 2 is 1.80 bits per heavy atom. The molecule has 0 radical (unpaired) electrons. The topological polar surface area (TPSA) is 64.6 Å². The molecule has 128 valence electrons. The molecule has 0 bridgehead atoms. The van der Waals surface area contributed by atoms with Crippen molar-refractivity contribution in [2.24, 2.45) is 0 Å². The minimum atomic E-state index is -4.46. The van der Waals surface area contributed by atoms with E-state index in [-0.39, 0.29) is 0 Å². The number of nitrogens with zero attached hydrogens (tertiary/aromatic N) is 2. The van der Waals surface area contributed by atoms with Crippen LogP contribution in [0.15, 0.2) is 71.3 Å². The molecule has 2 aromatic carbocycles. The monoisotopic (exact) mass is 372 g/mol. The van der Waals surface area contributed by atoms with Gasteiger partial charge < -0.3 is 0 Å². The maximum absolute atomic E-state index is 11.6. The second-order valence-corrected chi connectivity index (χ2v) is 12.7. The Hall–Kier alpha value is -2.58. The van der Waals surface area contributed by atoms with Gasteiger partial charge in [-0.15, -0.1) is 0 Å². The summed E-state index contributed by atoms with van der Waals surface area (Å²) in [5, 5.41) is 11.6. The third-order valence-electron chi connectivity index (χ3n) is 4.38. The molecule has 0 saturated carbocycles. The van der Waals surface area contributed by atoms with E-state index in [1.165, 1.54) is 11.2 Å². The molecule has 2 heterocycles. The summed E-state index contributed by atoms with van der Waals surface area (Å²) >= 11 is 1.33. The molecule has 0 N–H and O–H groups in total. The van der Waals surface area contributed by atoms with Crippen molar-refractivity contribution in [1.82, 2.24) is 0 Å². The summed E-state index contributed by atoms with van der Waals surface area (Å²) in [7, 11) is -4.46. The second-order valence-electron chi connectivity index (χ2n) is 6.03. The molecule has 0 aromatic heterocycles. The molecule has 2 aromatic rings. The van der Waals surface area contributed by atoms with Gasteiger partial charge in [-0.05, 0) is 0 Å². The Kier molecular flexibility index (Phi) is 3.31. The molecule has 0 fully saturated rings. The summed E-state index contributed by atoms with van der Waals surface area (Å²) in [6, 6.07) is 17.0. The summed E-state index contributed by atoms with van der Waals surface area (Å²) in [5.74, 6) is 0.605. The number of benzene rings is 2. The van der Waals surface area contributed by atoms with Gasteiger partial charge in [-0.1, -0.05) is 0 Å². The van der Waals surface area contributed by atoms with Crippen molar-refractivity contribution < 1.29 is 18.3 Å². The first kappa shape index (κ1) is 15.9. The van der Waals surface area contributed by atoms with E-state index in [9.17, 15) is 10.1 Å². The van der Waals surface area contributed by atoms with Crippen molar-refractivity contribution in [1.29, 1.82) is 0 Å². The number of hydrogen-bond donors (Lipinski definition) is 0. The van der Waals surface area contributed by atoms with Crippen LogP contribution in [0.3, 0.4) is 0 Å². The van der Waals surface area contributed by atoms with Gasteiger partial charge in [0.1, 0.15) is 0 Å². The first-order valence-corrected chi connectivity index (χ1v) is 11.6. The Bertz CT molecular complexity index is 956. The second kappa shape index (κ2) is 5.20. The van der Waals surface area contributed by atoms with E-state index < -0.39 is 12.2 Å². The SMILES string of the molecule is CC1=CC(C)=[N+]2c3ccccc3S[Si-]2(O[N+](=O)[O-])(c2ccccc2)O1. The third kappa shape index (κ3) is 2.07. The first-order valence-electron chi connectivity index (χ1n) is 7.80. The molecule has 0 unspecified atom stereocenters. The summed E-state index contributed by atoms with van der Waals surface area (Å²) in [4.78, 5) is 12.5. The van der Waals surface area contributed by atoms with E-state index in [4.69, 9.17) is 8.95 Å². The molecule has 6 nitrogen and oxygen atoms in total. The Morgan fingerprint density at radius 1 is 1.12 bits per heavy atom. The molecule has 0 spiro atoms. The predicted octanol–water partition coefficient (Wildman–Crippen LogP) is 3.34.